The Morgan fingerprint density at radius 1 is 1.42 bits per heavy atom. The van der Waals surface area contributed by atoms with Crippen LogP contribution in [0.25, 0.3) is 0 Å². The highest BCUT2D eigenvalue weighted by Crippen LogP contribution is 2.40. The first-order chi connectivity index (χ1) is 9.04. The van der Waals surface area contributed by atoms with Crippen LogP contribution in [0.15, 0.2) is 0 Å². The fourth-order valence-corrected chi connectivity index (χ4v) is 3.84. The molecular weight excluding hydrogens is 242 g/mol. The van der Waals surface area contributed by atoms with Crippen LogP contribution in [0.5, 0.6) is 0 Å². The van der Waals surface area contributed by atoms with Gasteiger partial charge in [0.2, 0.25) is 0 Å². The average Bonchev–Trinajstić information content (AvgIpc) is 2.39. The van der Waals surface area contributed by atoms with Crippen molar-refractivity contribution in [2.45, 2.75) is 51.5 Å². The summed E-state index contributed by atoms with van der Waals surface area (Å²) in [4.78, 5) is 14.1. The number of nitrogens with zero attached hydrogens (tertiary/aromatic N) is 1. The van der Waals surface area contributed by atoms with Crippen molar-refractivity contribution in [2.24, 2.45) is 11.8 Å². The van der Waals surface area contributed by atoms with Crippen molar-refractivity contribution in [3.63, 3.8) is 0 Å². The van der Waals surface area contributed by atoms with E-state index in [1.165, 1.54) is 6.42 Å². The van der Waals surface area contributed by atoms with E-state index in [9.17, 15) is 9.90 Å². The van der Waals surface area contributed by atoms with E-state index in [0.717, 1.165) is 38.8 Å². The molecule has 1 saturated heterocycles. The van der Waals surface area contributed by atoms with Crippen LogP contribution in [-0.2, 0) is 9.53 Å². The minimum Gasteiger partial charge on any atom is -0.480 e. The molecule has 0 radical (unpaired) electrons. The summed E-state index contributed by atoms with van der Waals surface area (Å²) in [5.74, 6) is 0.592. The van der Waals surface area contributed by atoms with E-state index in [2.05, 4.69) is 18.7 Å². The zero-order valence-electron chi connectivity index (χ0n) is 12.2. The van der Waals surface area contributed by atoms with Gasteiger partial charge in [-0.2, -0.15) is 0 Å². The molecule has 2 unspecified atom stereocenters. The van der Waals surface area contributed by atoms with E-state index in [-0.39, 0.29) is 0 Å². The van der Waals surface area contributed by atoms with Gasteiger partial charge < -0.3 is 9.84 Å². The van der Waals surface area contributed by atoms with E-state index in [1.54, 1.807) is 0 Å². The molecule has 2 rings (SSSR count). The van der Waals surface area contributed by atoms with Gasteiger partial charge in [0.25, 0.3) is 0 Å². The lowest BCUT2D eigenvalue weighted by atomic mass is 9.72. The number of carboxylic acid groups (broad SMARTS) is 1. The van der Waals surface area contributed by atoms with Crippen LogP contribution in [0.1, 0.15) is 46.0 Å². The Balaban J connectivity index is 2.11. The zero-order chi connectivity index (χ0) is 13.9. The third kappa shape index (κ3) is 3.29. The Labute approximate surface area is 116 Å². The Bertz CT molecular complexity index is 313. The number of hydrogen-bond donors (Lipinski definition) is 1. The van der Waals surface area contributed by atoms with Crippen LogP contribution in [-0.4, -0.2) is 47.8 Å². The fourth-order valence-electron chi connectivity index (χ4n) is 3.84. The monoisotopic (exact) mass is 269 g/mol. The molecule has 4 heteroatoms. The maximum Gasteiger partial charge on any atom is 0.324 e. The average molecular weight is 269 g/mol. The molecule has 19 heavy (non-hydrogen) atoms. The standard InChI is InChI=1S/C15H27NO3/c1-12(2)10-13-4-3-5-15(11-13,14(17)18)16-6-8-19-9-7-16/h12-13H,3-11H2,1-2H3,(H,17,18). The normalized spacial score (nSPS) is 33.5. The van der Waals surface area contributed by atoms with Crippen LogP contribution in [0.2, 0.25) is 0 Å². The van der Waals surface area contributed by atoms with E-state index < -0.39 is 11.5 Å². The van der Waals surface area contributed by atoms with Crippen LogP contribution in [0.4, 0.5) is 0 Å². The molecule has 0 aromatic heterocycles. The molecule has 110 valence electrons. The lowest BCUT2D eigenvalue weighted by molar-refractivity contribution is -0.159. The van der Waals surface area contributed by atoms with E-state index in [1.807, 2.05) is 0 Å². The molecule has 0 spiro atoms. The number of aliphatic carboxylic acids is 1. The van der Waals surface area contributed by atoms with Crippen molar-refractivity contribution in [1.29, 1.82) is 0 Å². The summed E-state index contributed by atoms with van der Waals surface area (Å²) in [7, 11) is 0. The van der Waals surface area contributed by atoms with E-state index in [0.29, 0.717) is 25.0 Å². The van der Waals surface area contributed by atoms with E-state index in [4.69, 9.17) is 4.74 Å². The number of carboxylic acids is 1. The van der Waals surface area contributed by atoms with Gasteiger partial charge in [-0.3, -0.25) is 9.69 Å². The van der Waals surface area contributed by atoms with Gasteiger partial charge in [-0.15, -0.1) is 0 Å². The van der Waals surface area contributed by atoms with Gasteiger partial charge in [-0.25, -0.2) is 0 Å². The highest BCUT2D eigenvalue weighted by molar-refractivity contribution is 5.79. The molecule has 0 bridgehead atoms. The van der Waals surface area contributed by atoms with Crippen LogP contribution < -0.4 is 0 Å². The van der Waals surface area contributed by atoms with Crippen molar-refractivity contribution in [3.05, 3.63) is 0 Å². The summed E-state index contributed by atoms with van der Waals surface area (Å²) in [6.45, 7) is 7.33. The van der Waals surface area contributed by atoms with Crippen LogP contribution in [0, 0.1) is 11.8 Å². The molecule has 1 aliphatic heterocycles. The zero-order valence-corrected chi connectivity index (χ0v) is 12.2. The predicted octanol–water partition coefficient (Wildman–Crippen LogP) is 2.38. The van der Waals surface area contributed by atoms with Crippen LogP contribution in [0.3, 0.4) is 0 Å². The van der Waals surface area contributed by atoms with Crippen molar-refractivity contribution >= 4 is 5.97 Å². The quantitative estimate of drug-likeness (QED) is 0.851. The van der Waals surface area contributed by atoms with Gasteiger partial charge in [0.1, 0.15) is 5.54 Å². The van der Waals surface area contributed by atoms with Gasteiger partial charge >= 0.3 is 5.97 Å². The summed E-state index contributed by atoms with van der Waals surface area (Å²) >= 11 is 0. The number of hydrogen-bond acceptors (Lipinski definition) is 3. The molecule has 0 amide bonds. The lowest BCUT2D eigenvalue weighted by Gasteiger charge is -2.47. The minimum absolute atomic E-state index is 0.563. The maximum atomic E-state index is 11.9. The van der Waals surface area contributed by atoms with Crippen molar-refractivity contribution in [3.8, 4) is 0 Å². The molecule has 1 aliphatic carbocycles. The maximum absolute atomic E-state index is 11.9. The Kier molecular flexibility index (Phi) is 4.85. The second-order valence-electron chi connectivity index (χ2n) is 6.53. The summed E-state index contributed by atoms with van der Waals surface area (Å²) in [6.07, 6.45) is 5.01. The first-order valence-corrected chi connectivity index (χ1v) is 7.61. The highest BCUT2D eigenvalue weighted by atomic mass is 16.5. The Hall–Kier alpha value is -0.610. The topological polar surface area (TPSA) is 49.8 Å². The van der Waals surface area contributed by atoms with Gasteiger partial charge in [0, 0.05) is 13.1 Å². The van der Waals surface area contributed by atoms with Gasteiger partial charge in [-0.05, 0) is 31.1 Å². The lowest BCUT2D eigenvalue weighted by Crippen LogP contribution is -2.60. The third-order valence-electron chi connectivity index (χ3n) is 4.65. The fraction of sp³-hybridized carbons (Fsp3) is 0.933. The number of rotatable bonds is 4. The molecule has 1 N–H and O–H groups in total. The third-order valence-corrected chi connectivity index (χ3v) is 4.65. The minimum atomic E-state index is -0.623. The van der Waals surface area contributed by atoms with Crippen molar-refractivity contribution < 1.29 is 14.6 Å². The predicted molar refractivity (Wildman–Crippen MR) is 74.2 cm³/mol. The molecule has 1 saturated carbocycles. The van der Waals surface area contributed by atoms with Crippen molar-refractivity contribution in [2.75, 3.05) is 26.3 Å². The van der Waals surface area contributed by atoms with Gasteiger partial charge in [0.15, 0.2) is 0 Å². The first-order valence-electron chi connectivity index (χ1n) is 7.61. The molecule has 2 atom stereocenters. The van der Waals surface area contributed by atoms with Gasteiger partial charge in [0.05, 0.1) is 13.2 Å². The first kappa shape index (κ1) is 14.8. The largest absolute Gasteiger partial charge is 0.480 e. The Morgan fingerprint density at radius 3 is 2.68 bits per heavy atom. The van der Waals surface area contributed by atoms with E-state index >= 15 is 0 Å². The number of morpholine rings is 1. The number of ether oxygens (including phenoxy) is 1. The highest BCUT2D eigenvalue weighted by Gasteiger charge is 2.47. The van der Waals surface area contributed by atoms with Crippen LogP contribution >= 0.6 is 0 Å². The second kappa shape index (κ2) is 6.23. The molecule has 2 aliphatic rings. The SMILES string of the molecule is CC(C)CC1CCCC(C(=O)O)(N2CCOCC2)C1. The Morgan fingerprint density at radius 2 is 2.11 bits per heavy atom. The van der Waals surface area contributed by atoms with Crippen molar-refractivity contribution in [1.82, 2.24) is 4.90 Å². The molecule has 2 fully saturated rings. The number of carbonyl (C=O) groups is 1. The molecule has 0 aromatic rings. The summed E-state index contributed by atoms with van der Waals surface area (Å²) < 4.78 is 5.37. The van der Waals surface area contributed by atoms with Gasteiger partial charge in [-0.1, -0.05) is 26.7 Å². The summed E-state index contributed by atoms with van der Waals surface area (Å²) in [6, 6.07) is 0. The smallest absolute Gasteiger partial charge is 0.324 e. The summed E-state index contributed by atoms with van der Waals surface area (Å²) in [5.41, 5.74) is -0.623. The summed E-state index contributed by atoms with van der Waals surface area (Å²) in [5, 5.41) is 9.81. The molecule has 0 aromatic carbocycles. The molecule has 1 heterocycles. The second-order valence-corrected chi connectivity index (χ2v) is 6.53. The molecular formula is C15H27NO3. The molecule has 4 nitrogen and oxygen atoms in total.